The molecule has 2 amide bonds. The Kier molecular flexibility index (Phi) is 6.75. The predicted molar refractivity (Wildman–Crippen MR) is 131 cm³/mol. The van der Waals surface area contributed by atoms with Gasteiger partial charge in [-0.3, -0.25) is 9.59 Å². The maximum atomic E-state index is 12.9. The second-order valence-electron chi connectivity index (χ2n) is 9.41. The molecule has 37 heavy (non-hydrogen) atoms. The normalized spacial score (nSPS) is 19.7. The van der Waals surface area contributed by atoms with Crippen LogP contribution in [-0.2, 0) is 19.4 Å². The average molecular weight is 555 g/mol. The largest absolute Gasteiger partial charge is 0.382 e. The van der Waals surface area contributed by atoms with Crippen molar-refractivity contribution in [2.24, 2.45) is 0 Å². The third-order valence-electron chi connectivity index (χ3n) is 7.03. The zero-order valence-electron chi connectivity index (χ0n) is 19.6. The van der Waals surface area contributed by atoms with Gasteiger partial charge < -0.3 is 24.7 Å². The molecular formula is C24H25ClF2N4O5S. The number of piperidine rings is 1. The van der Waals surface area contributed by atoms with Crippen molar-refractivity contribution in [3.05, 3.63) is 53.3 Å². The molecule has 3 aliphatic rings. The molecule has 0 saturated carbocycles. The Morgan fingerprint density at radius 2 is 1.76 bits per heavy atom. The molecule has 0 bridgehead atoms. The number of amides is 2. The van der Waals surface area contributed by atoms with Gasteiger partial charge in [0.2, 0.25) is 0 Å². The number of sulfone groups is 1. The van der Waals surface area contributed by atoms with Crippen LogP contribution in [-0.4, -0.2) is 95.8 Å². The number of hydrogen-bond donors (Lipinski definition) is 1. The van der Waals surface area contributed by atoms with Gasteiger partial charge in [0, 0.05) is 30.4 Å². The Morgan fingerprint density at radius 3 is 2.43 bits per heavy atom. The highest BCUT2D eigenvalue weighted by atomic mass is 35.5. The van der Waals surface area contributed by atoms with Gasteiger partial charge in [0.15, 0.2) is 9.84 Å². The lowest BCUT2D eigenvalue weighted by molar-refractivity contribution is -0.141. The van der Waals surface area contributed by atoms with Gasteiger partial charge in [-0.1, -0.05) is 23.7 Å². The van der Waals surface area contributed by atoms with Crippen LogP contribution in [0.1, 0.15) is 12.8 Å². The van der Waals surface area contributed by atoms with Crippen LogP contribution in [0.15, 0.2) is 53.2 Å². The summed E-state index contributed by atoms with van der Waals surface area (Å²) in [6, 6.07) is 9.40. The molecule has 0 unspecified atom stereocenters. The number of benzene rings is 2. The first kappa shape index (κ1) is 25.7. The van der Waals surface area contributed by atoms with E-state index in [2.05, 4.69) is 0 Å². The van der Waals surface area contributed by atoms with Crippen LogP contribution < -0.4 is 0 Å². The van der Waals surface area contributed by atoms with E-state index in [9.17, 15) is 31.9 Å². The van der Waals surface area contributed by atoms with E-state index in [0.29, 0.717) is 23.3 Å². The number of carbonyl (C=O) groups is 2. The van der Waals surface area contributed by atoms with E-state index in [1.807, 2.05) is 0 Å². The highest BCUT2D eigenvalue weighted by molar-refractivity contribution is 7.91. The number of aliphatic hydroxyl groups excluding tert-OH is 1. The smallest absolute Gasteiger partial charge is 0.316 e. The molecule has 2 aromatic rings. The van der Waals surface area contributed by atoms with Crippen molar-refractivity contribution in [1.82, 2.24) is 19.6 Å². The summed E-state index contributed by atoms with van der Waals surface area (Å²) in [6.45, 7) is -2.06. The van der Waals surface area contributed by atoms with Gasteiger partial charge in [-0.25, -0.2) is 8.42 Å². The van der Waals surface area contributed by atoms with Gasteiger partial charge in [-0.15, -0.1) is 0 Å². The molecule has 0 spiro atoms. The van der Waals surface area contributed by atoms with Gasteiger partial charge >= 0.3 is 6.55 Å². The summed E-state index contributed by atoms with van der Waals surface area (Å²) in [6.07, 6.45) is 0.313. The zero-order chi connectivity index (χ0) is 26.5. The van der Waals surface area contributed by atoms with Crippen LogP contribution in [0.5, 0.6) is 0 Å². The van der Waals surface area contributed by atoms with Gasteiger partial charge in [-0.05, 0) is 47.9 Å². The van der Waals surface area contributed by atoms with E-state index in [-0.39, 0.29) is 49.0 Å². The standard InChI is InChI=1S/C24H25ClF2N4O5S/c25-17-3-1-16-10-19(4-2-15(16)9-17)37(35,36)12-21(32)23(34)28-7-5-18(6-8-28)31-14-30-13-29(24(26)27)11-20(30)22(31)33/h1-4,9-11,18,21,24,32H,5-8,12-14H2/t21-/m1/s1. The van der Waals surface area contributed by atoms with Crippen LogP contribution in [0.2, 0.25) is 5.02 Å². The van der Waals surface area contributed by atoms with Crippen molar-refractivity contribution in [2.45, 2.75) is 36.4 Å². The lowest BCUT2D eigenvalue weighted by Gasteiger charge is -2.37. The third-order valence-corrected chi connectivity index (χ3v) is 8.99. The molecule has 13 heteroatoms. The molecule has 2 saturated heterocycles. The topological polar surface area (TPSA) is 101 Å². The second-order valence-corrected chi connectivity index (χ2v) is 11.9. The van der Waals surface area contributed by atoms with Crippen molar-refractivity contribution < 1.29 is 31.9 Å². The molecule has 5 rings (SSSR count). The summed E-state index contributed by atoms with van der Waals surface area (Å²) in [7, 11) is -3.95. The summed E-state index contributed by atoms with van der Waals surface area (Å²) < 4.78 is 51.6. The second kappa shape index (κ2) is 9.73. The molecule has 0 radical (unpaired) electrons. The number of aliphatic hydroxyl groups is 1. The predicted octanol–water partition coefficient (Wildman–Crippen LogP) is 2.06. The first-order valence-corrected chi connectivity index (χ1v) is 13.8. The Morgan fingerprint density at radius 1 is 1.08 bits per heavy atom. The monoisotopic (exact) mass is 554 g/mol. The van der Waals surface area contributed by atoms with E-state index in [4.69, 9.17) is 11.6 Å². The number of likely N-dealkylation sites (tertiary alicyclic amines) is 1. The van der Waals surface area contributed by atoms with Gasteiger partial charge in [0.05, 0.1) is 24.0 Å². The zero-order valence-corrected chi connectivity index (χ0v) is 21.2. The van der Waals surface area contributed by atoms with Crippen LogP contribution in [0.4, 0.5) is 8.78 Å². The van der Waals surface area contributed by atoms with E-state index in [1.165, 1.54) is 23.2 Å². The quantitative estimate of drug-likeness (QED) is 0.545. The number of alkyl halides is 2. The molecule has 198 valence electrons. The molecule has 0 aromatic heterocycles. The van der Waals surface area contributed by atoms with Crippen LogP contribution >= 0.6 is 11.6 Å². The molecule has 2 aromatic carbocycles. The highest BCUT2D eigenvalue weighted by Crippen LogP contribution is 2.31. The third kappa shape index (κ3) is 4.97. The molecule has 2 fully saturated rings. The van der Waals surface area contributed by atoms with Crippen LogP contribution in [0.3, 0.4) is 0 Å². The molecule has 3 heterocycles. The minimum atomic E-state index is -3.95. The van der Waals surface area contributed by atoms with Crippen molar-refractivity contribution in [2.75, 3.05) is 32.2 Å². The van der Waals surface area contributed by atoms with Gasteiger partial charge in [-0.2, -0.15) is 8.78 Å². The number of halogens is 3. The van der Waals surface area contributed by atoms with Gasteiger partial charge in [0.25, 0.3) is 11.8 Å². The summed E-state index contributed by atoms with van der Waals surface area (Å²) in [5.74, 6) is -1.76. The van der Waals surface area contributed by atoms with E-state index < -0.39 is 34.2 Å². The van der Waals surface area contributed by atoms with E-state index >= 15 is 0 Å². The Balaban J connectivity index is 1.18. The van der Waals surface area contributed by atoms with Crippen LogP contribution in [0, 0.1) is 0 Å². The summed E-state index contributed by atoms with van der Waals surface area (Å²) in [4.78, 5) is 31.0. The van der Waals surface area contributed by atoms with E-state index in [1.54, 1.807) is 34.1 Å². The maximum absolute atomic E-state index is 12.9. The van der Waals surface area contributed by atoms with Gasteiger partial charge in [0.1, 0.15) is 11.8 Å². The number of fused-ring (bicyclic) bond motifs is 2. The number of rotatable bonds is 6. The first-order chi connectivity index (χ1) is 17.5. The number of nitrogens with zero attached hydrogens (tertiary/aromatic N) is 4. The Hall–Kier alpha value is -2.96. The molecule has 1 atom stereocenters. The summed E-state index contributed by atoms with van der Waals surface area (Å²) in [5.41, 5.74) is 0.233. The molecule has 3 aliphatic heterocycles. The fourth-order valence-electron chi connectivity index (χ4n) is 5.03. The average Bonchev–Trinajstić information content (AvgIpc) is 3.42. The first-order valence-electron chi connectivity index (χ1n) is 11.7. The fraction of sp³-hybridized carbons (Fsp3) is 0.417. The van der Waals surface area contributed by atoms with Crippen molar-refractivity contribution in [1.29, 1.82) is 0 Å². The molecule has 1 N–H and O–H groups in total. The molecular weight excluding hydrogens is 530 g/mol. The highest BCUT2D eigenvalue weighted by Gasteiger charge is 2.43. The fourth-order valence-corrected chi connectivity index (χ4v) is 6.54. The van der Waals surface area contributed by atoms with Crippen molar-refractivity contribution >= 4 is 44.0 Å². The summed E-state index contributed by atoms with van der Waals surface area (Å²) >= 11 is 5.97. The van der Waals surface area contributed by atoms with Crippen molar-refractivity contribution in [3.8, 4) is 0 Å². The number of hydrogen-bond acceptors (Lipinski definition) is 7. The van der Waals surface area contributed by atoms with Crippen LogP contribution in [0.25, 0.3) is 10.8 Å². The Bertz CT molecular complexity index is 1380. The van der Waals surface area contributed by atoms with E-state index in [0.717, 1.165) is 10.3 Å². The number of carbonyl (C=O) groups excluding carboxylic acids is 2. The maximum Gasteiger partial charge on any atom is 0.316 e. The van der Waals surface area contributed by atoms with Crippen molar-refractivity contribution in [3.63, 3.8) is 0 Å². The minimum absolute atomic E-state index is 0.000636. The lowest BCUT2D eigenvalue weighted by atomic mass is 10.0. The lowest BCUT2D eigenvalue weighted by Crippen LogP contribution is -2.51. The SMILES string of the molecule is O=C([C@H](O)CS(=O)(=O)c1ccc2cc(Cl)ccc2c1)N1CCC(N2CN3CN(C(F)F)C=C3C2=O)CC1. The Labute approximate surface area is 217 Å². The molecule has 0 aliphatic carbocycles. The molecule has 9 nitrogen and oxygen atoms in total. The minimum Gasteiger partial charge on any atom is -0.382 e. The summed E-state index contributed by atoms with van der Waals surface area (Å²) in [5, 5.41) is 12.4.